The molecule has 0 unspecified atom stereocenters. The molecule has 4 amide bonds. The van der Waals surface area contributed by atoms with Crippen LogP contribution in [-0.2, 0) is 31.3 Å². The SMILES string of the molecule is CCC(=O)CNc1ccc(C(=O)NCC(=O)N(CC(=O)Nc2ccc(COC(=O)NC3(c4ccc(-c5nc6ccn7c(=O)[nH]nc7c6cc5-c5ccccc5)cc4)CCC3)cc2)CC(C)(F)F)cn1. The number of alkyl carbamates (subject to hydrolysis) is 1. The Morgan fingerprint density at radius 2 is 1.67 bits per heavy atom. The molecule has 1 saturated carbocycles. The van der Waals surface area contributed by atoms with Gasteiger partial charge in [0.25, 0.3) is 11.8 Å². The van der Waals surface area contributed by atoms with Gasteiger partial charge in [0.1, 0.15) is 19.0 Å². The highest BCUT2D eigenvalue weighted by Crippen LogP contribution is 2.42. The molecule has 19 heteroatoms. The number of nitrogens with zero attached hydrogens (tertiary/aromatic N) is 5. The molecule has 0 bridgehead atoms. The Labute approximate surface area is 393 Å². The fraction of sp³-hybridized carbons (Fsp3) is 0.260. The molecule has 0 radical (unpaired) electrons. The van der Waals surface area contributed by atoms with Crippen LogP contribution in [-0.4, -0.2) is 91.2 Å². The molecule has 354 valence electrons. The van der Waals surface area contributed by atoms with Gasteiger partial charge in [-0.05, 0) is 72.4 Å². The Morgan fingerprint density at radius 3 is 2.33 bits per heavy atom. The number of rotatable bonds is 18. The van der Waals surface area contributed by atoms with Crippen molar-refractivity contribution in [1.82, 2.24) is 40.1 Å². The number of aromatic amines is 1. The van der Waals surface area contributed by atoms with Gasteiger partial charge in [0.05, 0.1) is 41.9 Å². The van der Waals surface area contributed by atoms with Crippen LogP contribution in [0.1, 0.15) is 61.0 Å². The zero-order valence-electron chi connectivity index (χ0n) is 37.7. The Hall–Kier alpha value is -8.35. The van der Waals surface area contributed by atoms with Crippen molar-refractivity contribution in [2.45, 2.75) is 57.6 Å². The second kappa shape index (κ2) is 20.3. The monoisotopic (exact) mass is 938 g/mol. The standard InChI is InChI=1S/C50H48F2N10O7/c1-3-37(63)26-54-41-19-14-34(25-53-41)46(66)55-27-43(65)61(30-49(2,51)52)28-42(64)56-36-17-10-31(11-18-36)29-69-48(68)58-50(21-7-22-50)35-15-12-33(13-16-35)44-38(32-8-5-4-6-9-32)24-39-40(57-44)20-23-62-45(39)59-60-47(62)67/h4-6,8-20,23-25H,3,7,21-22,26-30H2,1-2H3,(H,53,54)(H,55,66)(H,56,64)(H,58,68)(H,60,67). The van der Waals surface area contributed by atoms with E-state index in [1.54, 1.807) is 43.5 Å². The molecule has 0 saturated heterocycles. The largest absolute Gasteiger partial charge is 0.445 e. The Kier molecular flexibility index (Phi) is 13.8. The zero-order chi connectivity index (χ0) is 48.7. The summed E-state index contributed by atoms with van der Waals surface area (Å²) >= 11 is 0. The summed E-state index contributed by atoms with van der Waals surface area (Å²) in [6.45, 7) is -0.115. The Balaban J connectivity index is 0.850. The smallest absolute Gasteiger partial charge is 0.408 e. The first-order chi connectivity index (χ1) is 33.2. The molecule has 0 aliphatic heterocycles. The first-order valence-electron chi connectivity index (χ1n) is 22.2. The minimum Gasteiger partial charge on any atom is -0.445 e. The third-order valence-corrected chi connectivity index (χ3v) is 11.8. The first kappa shape index (κ1) is 47.2. The van der Waals surface area contributed by atoms with Gasteiger partial charge in [-0.15, -0.1) is 0 Å². The highest BCUT2D eigenvalue weighted by molar-refractivity contribution is 5.99. The van der Waals surface area contributed by atoms with Gasteiger partial charge in [-0.3, -0.25) is 19.2 Å². The van der Waals surface area contributed by atoms with Crippen molar-refractivity contribution in [3.63, 3.8) is 0 Å². The van der Waals surface area contributed by atoms with Crippen molar-refractivity contribution >= 4 is 57.7 Å². The molecule has 7 aromatic rings. The summed E-state index contributed by atoms with van der Waals surface area (Å²) in [6.07, 6.45) is 4.95. The van der Waals surface area contributed by atoms with Crippen molar-refractivity contribution in [3.05, 3.63) is 143 Å². The van der Waals surface area contributed by atoms with Gasteiger partial charge in [-0.2, -0.15) is 5.10 Å². The number of alkyl halides is 2. The van der Waals surface area contributed by atoms with E-state index >= 15 is 0 Å². The predicted octanol–water partition coefficient (Wildman–Crippen LogP) is 6.85. The normalized spacial score (nSPS) is 13.0. The van der Waals surface area contributed by atoms with Gasteiger partial charge in [0.2, 0.25) is 11.8 Å². The van der Waals surface area contributed by atoms with Crippen LogP contribution in [0, 0.1) is 0 Å². The van der Waals surface area contributed by atoms with E-state index in [0.717, 1.165) is 39.8 Å². The molecule has 69 heavy (non-hydrogen) atoms. The third-order valence-electron chi connectivity index (χ3n) is 11.8. The van der Waals surface area contributed by atoms with E-state index in [2.05, 4.69) is 36.4 Å². The fourth-order valence-corrected chi connectivity index (χ4v) is 7.96. The van der Waals surface area contributed by atoms with Crippen molar-refractivity contribution in [3.8, 4) is 22.4 Å². The number of ketones is 1. The first-order valence-corrected chi connectivity index (χ1v) is 22.2. The number of carbonyl (C=O) groups excluding carboxylic acids is 5. The summed E-state index contributed by atoms with van der Waals surface area (Å²) in [5, 5.41) is 18.3. The number of H-pyrrole nitrogens is 1. The molecule has 0 spiro atoms. The molecule has 17 nitrogen and oxygen atoms in total. The lowest BCUT2D eigenvalue weighted by Crippen LogP contribution is -2.50. The van der Waals surface area contributed by atoms with Gasteiger partial charge in [-0.25, -0.2) is 37.8 Å². The van der Waals surface area contributed by atoms with Gasteiger partial charge in [0, 0.05) is 47.9 Å². The van der Waals surface area contributed by atoms with Gasteiger partial charge in [0.15, 0.2) is 11.4 Å². The summed E-state index contributed by atoms with van der Waals surface area (Å²) in [7, 11) is 0. The number of pyridine rings is 3. The average Bonchev–Trinajstić information content (AvgIpc) is 3.73. The van der Waals surface area contributed by atoms with Crippen LogP contribution in [0.2, 0.25) is 0 Å². The number of carbonyl (C=O) groups is 5. The average molecular weight is 939 g/mol. The maximum Gasteiger partial charge on any atom is 0.408 e. The van der Waals surface area contributed by atoms with Crippen LogP contribution < -0.4 is 27.0 Å². The Bertz CT molecular complexity index is 3080. The number of halogens is 2. The molecular weight excluding hydrogens is 891 g/mol. The van der Waals surface area contributed by atoms with Gasteiger partial charge in [-0.1, -0.05) is 73.7 Å². The third kappa shape index (κ3) is 11.3. The van der Waals surface area contributed by atoms with Crippen LogP contribution in [0.3, 0.4) is 0 Å². The van der Waals surface area contributed by atoms with Crippen molar-refractivity contribution in [1.29, 1.82) is 0 Å². The molecule has 1 aliphatic rings. The number of ether oxygens (including phenoxy) is 1. The number of amides is 4. The number of hydrogen-bond donors (Lipinski definition) is 5. The summed E-state index contributed by atoms with van der Waals surface area (Å²) in [5.74, 6) is -5.36. The lowest BCUT2D eigenvalue weighted by molar-refractivity contribution is -0.138. The molecule has 5 N–H and O–H groups in total. The number of anilines is 2. The van der Waals surface area contributed by atoms with Crippen LogP contribution >= 0.6 is 0 Å². The maximum atomic E-state index is 14.1. The zero-order valence-corrected chi connectivity index (χ0v) is 37.7. The van der Waals surface area contributed by atoms with Crippen molar-refractivity contribution in [2.24, 2.45) is 0 Å². The second-order valence-corrected chi connectivity index (χ2v) is 16.9. The number of hydrogen-bond acceptors (Lipinski definition) is 11. The Morgan fingerprint density at radius 1 is 0.913 bits per heavy atom. The molecule has 0 atom stereocenters. The summed E-state index contributed by atoms with van der Waals surface area (Å²) in [6, 6.07) is 30.8. The van der Waals surface area contributed by atoms with E-state index in [1.807, 2.05) is 60.7 Å². The van der Waals surface area contributed by atoms with Crippen molar-refractivity contribution < 1.29 is 37.5 Å². The van der Waals surface area contributed by atoms with Crippen LogP contribution in [0.25, 0.3) is 38.9 Å². The number of Topliss-reactive ketones (excluding diaryl/α,β-unsaturated/α-hetero) is 1. The molecule has 1 aliphatic carbocycles. The van der Waals surface area contributed by atoms with Crippen LogP contribution in [0.5, 0.6) is 0 Å². The molecule has 1 fully saturated rings. The van der Waals surface area contributed by atoms with Crippen LogP contribution in [0.15, 0.2) is 120 Å². The molecule has 4 aromatic heterocycles. The van der Waals surface area contributed by atoms with Gasteiger partial charge >= 0.3 is 11.8 Å². The fourth-order valence-electron chi connectivity index (χ4n) is 7.96. The number of aromatic nitrogens is 5. The minimum absolute atomic E-state index is 0.0235. The van der Waals surface area contributed by atoms with Crippen molar-refractivity contribution in [2.75, 3.05) is 36.8 Å². The van der Waals surface area contributed by atoms with Gasteiger partial charge < -0.3 is 30.9 Å². The molecular formula is C50H48F2N10O7. The summed E-state index contributed by atoms with van der Waals surface area (Å²) in [5.41, 5.74) is 5.51. The lowest BCUT2D eigenvalue weighted by Gasteiger charge is -2.42. The summed E-state index contributed by atoms with van der Waals surface area (Å²) < 4.78 is 35.3. The van der Waals surface area contributed by atoms with E-state index in [4.69, 9.17) is 9.72 Å². The highest BCUT2D eigenvalue weighted by atomic mass is 19.3. The topological polar surface area (TPSA) is 222 Å². The lowest BCUT2D eigenvalue weighted by atomic mass is 9.71. The maximum absolute atomic E-state index is 14.1. The quantitative estimate of drug-likeness (QED) is 0.0599. The highest BCUT2D eigenvalue weighted by Gasteiger charge is 2.40. The molecule has 8 rings (SSSR count). The second-order valence-electron chi connectivity index (χ2n) is 16.9. The van der Waals surface area contributed by atoms with E-state index in [9.17, 15) is 37.5 Å². The van der Waals surface area contributed by atoms with E-state index in [0.29, 0.717) is 59.3 Å². The number of benzene rings is 3. The number of nitrogens with one attached hydrogen (secondary N) is 5. The molecule has 3 aromatic carbocycles. The van der Waals surface area contributed by atoms with E-state index < -0.39 is 54.9 Å². The van der Waals surface area contributed by atoms with E-state index in [1.165, 1.54) is 22.7 Å². The predicted molar refractivity (Wildman–Crippen MR) is 253 cm³/mol. The number of fused-ring (bicyclic) bond motifs is 3. The summed E-state index contributed by atoms with van der Waals surface area (Å²) in [4.78, 5) is 85.5. The minimum atomic E-state index is -3.34. The molecule has 4 heterocycles. The van der Waals surface area contributed by atoms with Crippen LogP contribution in [0.4, 0.5) is 25.1 Å². The van der Waals surface area contributed by atoms with E-state index in [-0.39, 0.29) is 30.2 Å².